The highest BCUT2D eigenvalue weighted by Gasteiger charge is 2.30. The van der Waals surface area contributed by atoms with E-state index in [4.69, 9.17) is 4.42 Å². The minimum absolute atomic E-state index is 0.0407. The lowest BCUT2D eigenvalue weighted by molar-refractivity contribution is -0.385. The molecular formula is C18H19N3O5. The number of aryl methyl sites for hydroxylation is 1. The Morgan fingerprint density at radius 2 is 2.15 bits per heavy atom. The van der Waals surface area contributed by atoms with Crippen molar-refractivity contribution in [3.8, 4) is 0 Å². The van der Waals surface area contributed by atoms with Crippen molar-refractivity contribution in [3.63, 3.8) is 0 Å². The Morgan fingerprint density at radius 1 is 1.35 bits per heavy atom. The third-order valence-corrected chi connectivity index (χ3v) is 4.48. The molecule has 26 heavy (non-hydrogen) atoms. The lowest BCUT2D eigenvalue weighted by atomic mass is 9.96. The molecule has 1 unspecified atom stereocenters. The standard InChI is InChI=1S/C18H19N3O5/c1-12-6-7-14(10-15(12)21(24)25)19-17(22)13-4-2-8-20(11-13)18(23)16-5-3-9-26-16/h3,5-7,9-10,13H,2,4,8,11H2,1H3,(H,19,22). The summed E-state index contributed by atoms with van der Waals surface area (Å²) in [7, 11) is 0. The van der Waals surface area contributed by atoms with Crippen molar-refractivity contribution in [1.82, 2.24) is 4.90 Å². The molecule has 0 spiro atoms. The van der Waals surface area contributed by atoms with Crippen molar-refractivity contribution in [2.45, 2.75) is 19.8 Å². The number of nitrogens with zero attached hydrogens (tertiary/aromatic N) is 2. The second kappa shape index (κ2) is 7.38. The summed E-state index contributed by atoms with van der Waals surface area (Å²) in [6, 6.07) is 7.82. The Labute approximate surface area is 149 Å². The maximum atomic E-state index is 12.5. The average molecular weight is 357 g/mol. The van der Waals surface area contributed by atoms with Crippen LogP contribution < -0.4 is 5.32 Å². The minimum atomic E-state index is -0.477. The number of carbonyl (C=O) groups excluding carboxylic acids is 2. The van der Waals surface area contributed by atoms with Gasteiger partial charge in [0.2, 0.25) is 5.91 Å². The van der Waals surface area contributed by atoms with E-state index < -0.39 is 4.92 Å². The van der Waals surface area contributed by atoms with Gasteiger partial charge in [-0.05, 0) is 38.0 Å². The van der Waals surface area contributed by atoms with Crippen LogP contribution >= 0.6 is 0 Å². The first-order valence-electron chi connectivity index (χ1n) is 8.34. The van der Waals surface area contributed by atoms with E-state index in [1.165, 1.54) is 12.3 Å². The first-order valence-corrected chi connectivity index (χ1v) is 8.34. The third kappa shape index (κ3) is 3.74. The molecule has 2 heterocycles. The summed E-state index contributed by atoms with van der Waals surface area (Å²) in [4.78, 5) is 37.1. The van der Waals surface area contributed by atoms with Gasteiger partial charge in [-0.2, -0.15) is 0 Å². The van der Waals surface area contributed by atoms with E-state index in [0.29, 0.717) is 37.2 Å². The molecule has 3 rings (SSSR count). The number of hydrogen-bond acceptors (Lipinski definition) is 5. The molecule has 2 aromatic rings. The zero-order valence-electron chi connectivity index (χ0n) is 14.3. The number of hydrogen-bond donors (Lipinski definition) is 1. The van der Waals surface area contributed by atoms with Gasteiger partial charge in [-0.1, -0.05) is 6.07 Å². The first kappa shape index (κ1) is 17.7. The predicted octanol–water partition coefficient (Wildman–Crippen LogP) is 2.99. The van der Waals surface area contributed by atoms with Crippen LogP contribution in [0.3, 0.4) is 0 Å². The molecule has 1 aromatic heterocycles. The number of benzene rings is 1. The van der Waals surface area contributed by atoms with E-state index in [1.807, 2.05) is 0 Å². The smallest absolute Gasteiger partial charge is 0.289 e. The minimum Gasteiger partial charge on any atom is -0.459 e. The molecule has 1 atom stereocenters. The van der Waals surface area contributed by atoms with Gasteiger partial charge < -0.3 is 14.6 Å². The molecule has 1 aliphatic rings. The van der Waals surface area contributed by atoms with Gasteiger partial charge in [0.1, 0.15) is 0 Å². The predicted molar refractivity (Wildman–Crippen MR) is 93.8 cm³/mol. The van der Waals surface area contributed by atoms with Crippen LogP contribution in [0.4, 0.5) is 11.4 Å². The van der Waals surface area contributed by atoms with Crippen LogP contribution in [0.5, 0.6) is 0 Å². The highest BCUT2D eigenvalue weighted by molar-refractivity contribution is 5.95. The molecule has 1 aliphatic heterocycles. The van der Waals surface area contributed by atoms with Crippen LogP contribution in [-0.2, 0) is 4.79 Å². The van der Waals surface area contributed by atoms with Crippen LogP contribution in [-0.4, -0.2) is 34.7 Å². The highest BCUT2D eigenvalue weighted by Crippen LogP contribution is 2.24. The van der Waals surface area contributed by atoms with E-state index in [1.54, 1.807) is 36.1 Å². The van der Waals surface area contributed by atoms with E-state index >= 15 is 0 Å². The Bertz CT molecular complexity index is 831. The number of furan rings is 1. The number of amides is 2. The summed E-state index contributed by atoms with van der Waals surface area (Å²) < 4.78 is 5.13. The monoisotopic (exact) mass is 357 g/mol. The normalized spacial score (nSPS) is 17.0. The molecule has 136 valence electrons. The SMILES string of the molecule is Cc1ccc(NC(=O)C2CCCN(C(=O)c3ccco3)C2)cc1[N+](=O)[O-]. The van der Waals surface area contributed by atoms with E-state index in [9.17, 15) is 19.7 Å². The Balaban J connectivity index is 1.67. The number of piperidine rings is 1. The number of nitrogens with one attached hydrogen (secondary N) is 1. The summed E-state index contributed by atoms with van der Waals surface area (Å²) in [5, 5.41) is 13.8. The molecule has 2 amide bonds. The Hall–Kier alpha value is -3.16. The van der Waals surface area contributed by atoms with Gasteiger partial charge in [-0.15, -0.1) is 0 Å². The van der Waals surface area contributed by atoms with Crippen LogP contribution in [0.25, 0.3) is 0 Å². The molecule has 0 radical (unpaired) electrons. The fourth-order valence-corrected chi connectivity index (χ4v) is 3.06. The molecule has 0 aliphatic carbocycles. The van der Waals surface area contributed by atoms with Crippen LogP contribution in [0.1, 0.15) is 29.0 Å². The topological polar surface area (TPSA) is 106 Å². The van der Waals surface area contributed by atoms with Gasteiger partial charge in [-0.3, -0.25) is 19.7 Å². The van der Waals surface area contributed by atoms with Gasteiger partial charge in [-0.25, -0.2) is 0 Å². The number of nitro groups is 1. The number of rotatable bonds is 4. The molecule has 1 N–H and O–H groups in total. The lowest BCUT2D eigenvalue weighted by Crippen LogP contribution is -2.43. The maximum absolute atomic E-state index is 12.5. The number of nitro benzene ring substituents is 1. The number of anilines is 1. The zero-order valence-corrected chi connectivity index (χ0v) is 14.3. The van der Waals surface area contributed by atoms with Gasteiger partial charge >= 0.3 is 0 Å². The van der Waals surface area contributed by atoms with Gasteiger partial charge in [0.15, 0.2) is 5.76 Å². The van der Waals surface area contributed by atoms with Crippen molar-refractivity contribution in [2.75, 3.05) is 18.4 Å². The number of likely N-dealkylation sites (tertiary alicyclic amines) is 1. The Morgan fingerprint density at radius 3 is 2.85 bits per heavy atom. The molecule has 8 heteroatoms. The van der Waals surface area contributed by atoms with Gasteiger partial charge in [0.25, 0.3) is 11.6 Å². The fourth-order valence-electron chi connectivity index (χ4n) is 3.06. The molecule has 0 bridgehead atoms. The second-order valence-corrected chi connectivity index (χ2v) is 6.32. The van der Waals surface area contributed by atoms with Crippen molar-refractivity contribution >= 4 is 23.2 Å². The van der Waals surface area contributed by atoms with Gasteiger partial charge in [0.05, 0.1) is 17.1 Å². The maximum Gasteiger partial charge on any atom is 0.289 e. The lowest BCUT2D eigenvalue weighted by Gasteiger charge is -2.31. The van der Waals surface area contributed by atoms with Crippen LogP contribution in [0.15, 0.2) is 41.0 Å². The first-order chi connectivity index (χ1) is 12.5. The summed E-state index contributed by atoms with van der Waals surface area (Å²) >= 11 is 0. The summed E-state index contributed by atoms with van der Waals surface area (Å²) in [5.74, 6) is -0.609. The van der Waals surface area contributed by atoms with E-state index in [0.717, 1.165) is 0 Å². The molecule has 1 aromatic carbocycles. The summed E-state index contributed by atoms with van der Waals surface area (Å²) in [5.41, 5.74) is 0.865. The quantitative estimate of drug-likeness (QED) is 0.669. The highest BCUT2D eigenvalue weighted by atomic mass is 16.6. The van der Waals surface area contributed by atoms with Crippen molar-refractivity contribution in [3.05, 3.63) is 58.0 Å². The molecule has 8 nitrogen and oxygen atoms in total. The summed E-state index contributed by atoms with van der Waals surface area (Å²) in [6.07, 6.45) is 2.80. The summed E-state index contributed by atoms with van der Waals surface area (Å²) in [6.45, 7) is 2.50. The Kier molecular flexibility index (Phi) is 5.01. The third-order valence-electron chi connectivity index (χ3n) is 4.48. The molecule has 1 fully saturated rings. The van der Waals surface area contributed by atoms with Crippen molar-refractivity contribution < 1.29 is 18.9 Å². The van der Waals surface area contributed by atoms with Crippen molar-refractivity contribution in [2.24, 2.45) is 5.92 Å². The van der Waals surface area contributed by atoms with Crippen LogP contribution in [0, 0.1) is 23.0 Å². The molecular weight excluding hydrogens is 338 g/mol. The fraction of sp³-hybridized carbons (Fsp3) is 0.333. The zero-order chi connectivity index (χ0) is 18.7. The van der Waals surface area contributed by atoms with Crippen molar-refractivity contribution in [1.29, 1.82) is 0 Å². The average Bonchev–Trinajstić information content (AvgIpc) is 3.17. The van der Waals surface area contributed by atoms with E-state index in [2.05, 4.69) is 5.32 Å². The molecule has 0 saturated carbocycles. The van der Waals surface area contributed by atoms with Crippen LogP contribution in [0.2, 0.25) is 0 Å². The number of carbonyl (C=O) groups is 2. The van der Waals surface area contributed by atoms with Gasteiger partial charge in [0, 0.05) is 30.4 Å². The second-order valence-electron chi connectivity index (χ2n) is 6.32. The molecule has 1 saturated heterocycles. The largest absolute Gasteiger partial charge is 0.459 e. The van der Waals surface area contributed by atoms with E-state index in [-0.39, 0.29) is 29.2 Å².